The molecule has 1 aliphatic rings. The Labute approximate surface area is 117 Å². The number of ether oxygens (including phenoxy) is 1. The zero-order chi connectivity index (χ0) is 13.9. The Balaban J connectivity index is 1.69. The van der Waals surface area contributed by atoms with E-state index >= 15 is 0 Å². The highest BCUT2D eigenvalue weighted by atomic mass is 19.1. The lowest BCUT2D eigenvalue weighted by atomic mass is 9.96. The van der Waals surface area contributed by atoms with Crippen LogP contribution >= 0.6 is 0 Å². The number of carbonyl (C=O) groups excluding carboxylic acids is 1. The van der Waals surface area contributed by atoms with Gasteiger partial charge in [-0.1, -0.05) is 30.3 Å². The second-order valence-electron chi connectivity index (χ2n) is 5.03. The average Bonchev–Trinajstić information content (AvgIpc) is 2.47. The Bertz CT molecular complexity index is 622. The van der Waals surface area contributed by atoms with E-state index < -0.39 is 5.82 Å². The van der Waals surface area contributed by atoms with Crippen molar-refractivity contribution in [2.45, 2.75) is 25.4 Å². The van der Waals surface area contributed by atoms with Gasteiger partial charge in [-0.05, 0) is 36.6 Å². The molecule has 20 heavy (non-hydrogen) atoms. The highest BCUT2D eigenvalue weighted by molar-refractivity contribution is 5.99. The number of fused-ring (bicyclic) bond motifs is 1. The molecule has 0 spiro atoms. The van der Waals surface area contributed by atoms with Gasteiger partial charge in [-0.2, -0.15) is 0 Å². The third kappa shape index (κ3) is 2.72. The van der Waals surface area contributed by atoms with Crippen molar-refractivity contribution in [2.24, 2.45) is 0 Å². The molecular weight excluding hydrogens is 255 g/mol. The van der Waals surface area contributed by atoms with Gasteiger partial charge in [0.15, 0.2) is 5.78 Å². The molecule has 102 valence electrons. The van der Waals surface area contributed by atoms with Gasteiger partial charge >= 0.3 is 0 Å². The van der Waals surface area contributed by atoms with Crippen LogP contribution in [0.2, 0.25) is 0 Å². The predicted octanol–water partition coefficient (Wildman–Crippen LogP) is 3.79. The molecule has 0 fully saturated rings. The summed E-state index contributed by atoms with van der Waals surface area (Å²) in [5.74, 6) is 0.0629. The highest BCUT2D eigenvalue weighted by Crippen LogP contribution is 2.29. The second kappa shape index (κ2) is 5.45. The number of benzene rings is 2. The van der Waals surface area contributed by atoms with Crippen LogP contribution in [0.15, 0.2) is 48.5 Å². The first kappa shape index (κ1) is 12.9. The third-order valence-electron chi connectivity index (χ3n) is 3.55. The van der Waals surface area contributed by atoms with E-state index in [4.69, 9.17) is 4.74 Å². The van der Waals surface area contributed by atoms with Gasteiger partial charge in [-0.25, -0.2) is 4.39 Å². The van der Waals surface area contributed by atoms with Crippen LogP contribution in [0.25, 0.3) is 0 Å². The molecule has 0 amide bonds. The zero-order valence-electron chi connectivity index (χ0n) is 11.0. The predicted molar refractivity (Wildman–Crippen MR) is 74.5 cm³/mol. The van der Waals surface area contributed by atoms with E-state index in [1.54, 1.807) is 0 Å². The summed E-state index contributed by atoms with van der Waals surface area (Å²) in [7, 11) is 0. The number of halogens is 1. The molecule has 0 aromatic heterocycles. The van der Waals surface area contributed by atoms with Crippen LogP contribution in [-0.2, 0) is 6.42 Å². The van der Waals surface area contributed by atoms with Crippen molar-refractivity contribution in [3.8, 4) is 5.75 Å². The molecule has 0 bridgehead atoms. The SMILES string of the molecule is O=C1CC(CCc2ccccc2)Oc2ccc(F)cc21. The minimum atomic E-state index is -0.400. The topological polar surface area (TPSA) is 26.3 Å². The second-order valence-corrected chi connectivity index (χ2v) is 5.03. The summed E-state index contributed by atoms with van der Waals surface area (Å²) < 4.78 is 18.9. The monoisotopic (exact) mass is 270 g/mol. The zero-order valence-corrected chi connectivity index (χ0v) is 11.0. The van der Waals surface area contributed by atoms with Crippen LogP contribution in [0.3, 0.4) is 0 Å². The number of carbonyl (C=O) groups is 1. The van der Waals surface area contributed by atoms with Crippen LogP contribution in [0.5, 0.6) is 5.75 Å². The van der Waals surface area contributed by atoms with Crippen LogP contribution in [0.1, 0.15) is 28.8 Å². The van der Waals surface area contributed by atoms with E-state index in [1.165, 1.54) is 23.8 Å². The number of hydrogen-bond donors (Lipinski definition) is 0. The van der Waals surface area contributed by atoms with Crippen LogP contribution in [-0.4, -0.2) is 11.9 Å². The van der Waals surface area contributed by atoms with Crippen molar-refractivity contribution in [3.63, 3.8) is 0 Å². The van der Waals surface area contributed by atoms with Crippen LogP contribution < -0.4 is 4.74 Å². The molecule has 2 aromatic rings. The maximum absolute atomic E-state index is 13.1. The first-order valence-electron chi connectivity index (χ1n) is 6.76. The van der Waals surface area contributed by atoms with Crippen molar-refractivity contribution in [1.82, 2.24) is 0 Å². The van der Waals surface area contributed by atoms with Crippen molar-refractivity contribution < 1.29 is 13.9 Å². The van der Waals surface area contributed by atoms with Gasteiger partial charge < -0.3 is 4.74 Å². The molecule has 0 aliphatic carbocycles. The maximum atomic E-state index is 13.1. The standard InChI is InChI=1S/C17H15FO2/c18-13-7-9-17-15(10-13)16(19)11-14(20-17)8-6-12-4-2-1-3-5-12/h1-5,7,9-10,14H,6,8,11H2. The average molecular weight is 270 g/mol. The molecule has 1 unspecified atom stereocenters. The summed E-state index contributed by atoms with van der Waals surface area (Å²) in [4.78, 5) is 12.0. The Morgan fingerprint density at radius 1 is 1.15 bits per heavy atom. The normalized spacial score (nSPS) is 17.4. The van der Waals surface area contributed by atoms with E-state index in [1.807, 2.05) is 18.2 Å². The van der Waals surface area contributed by atoms with Crippen LogP contribution in [0, 0.1) is 5.82 Å². The Morgan fingerprint density at radius 3 is 2.75 bits per heavy atom. The smallest absolute Gasteiger partial charge is 0.170 e. The van der Waals surface area contributed by atoms with Gasteiger partial charge in [-0.3, -0.25) is 4.79 Å². The Hall–Kier alpha value is -2.16. The molecule has 1 aliphatic heterocycles. The molecule has 1 heterocycles. The number of Topliss-reactive ketones (excluding diaryl/α,β-unsaturated/α-hetero) is 1. The van der Waals surface area contributed by atoms with E-state index in [0.717, 1.165) is 12.8 Å². The van der Waals surface area contributed by atoms with Gasteiger partial charge in [0.25, 0.3) is 0 Å². The fourth-order valence-corrected chi connectivity index (χ4v) is 2.49. The highest BCUT2D eigenvalue weighted by Gasteiger charge is 2.26. The fraction of sp³-hybridized carbons (Fsp3) is 0.235. The van der Waals surface area contributed by atoms with Gasteiger partial charge in [0, 0.05) is 6.42 Å². The van der Waals surface area contributed by atoms with E-state index in [-0.39, 0.29) is 11.9 Å². The molecule has 3 heteroatoms. The summed E-state index contributed by atoms with van der Waals surface area (Å²) in [5, 5.41) is 0. The van der Waals surface area contributed by atoms with Gasteiger partial charge in [0.05, 0.1) is 5.56 Å². The summed E-state index contributed by atoms with van der Waals surface area (Å²) in [5.41, 5.74) is 1.59. The van der Waals surface area contributed by atoms with Gasteiger partial charge in [-0.15, -0.1) is 0 Å². The minimum Gasteiger partial charge on any atom is -0.489 e. The maximum Gasteiger partial charge on any atom is 0.170 e. The number of ketones is 1. The van der Waals surface area contributed by atoms with Crippen molar-refractivity contribution in [3.05, 3.63) is 65.5 Å². The summed E-state index contributed by atoms with van der Waals surface area (Å²) in [6.07, 6.45) is 1.85. The van der Waals surface area contributed by atoms with Crippen molar-refractivity contribution in [2.75, 3.05) is 0 Å². The summed E-state index contributed by atoms with van der Waals surface area (Å²) in [6.45, 7) is 0. The Kier molecular flexibility index (Phi) is 3.50. The lowest BCUT2D eigenvalue weighted by Gasteiger charge is -2.25. The molecule has 0 saturated heterocycles. The fourth-order valence-electron chi connectivity index (χ4n) is 2.49. The lowest BCUT2D eigenvalue weighted by molar-refractivity contribution is 0.0838. The summed E-state index contributed by atoms with van der Waals surface area (Å²) in [6, 6.07) is 14.2. The first-order chi connectivity index (χ1) is 9.72. The molecule has 2 nitrogen and oxygen atoms in total. The molecule has 0 radical (unpaired) electrons. The largest absolute Gasteiger partial charge is 0.489 e. The first-order valence-corrected chi connectivity index (χ1v) is 6.76. The van der Waals surface area contributed by atoms with E-state index in [9.17, 15) is 9.18 Å². The summed E-state index contributed by atoms with van der Waals surface area (Å²) >= 11 is 0. The van der Waals surface area contributed by atoms with Crippen molar-refractivity contribution >= 4 is 5.78 Å². The van der Waals surface area contributed by atoms with Gasteiger partial charge in [0.1, 0.15) is 17.7 Å². The number of aryl methyl sites for hydroxylation is 1. The van der Waals surface area contributed by atoms with Crippen molar-refractivity contribution in [1.29, 1.82) is 0 Å². The molecule has 2 aromatic carbocycles. The molecule has 1 atom stereocenters. The molecule has 0 N–H and O–H groups in total. The number of rotatable bonds is 3. The quantitative estimate of drug-likeness (QED) is 0.848. The minimum absolute atomic E-state index is 0.0381. The molecule has 0 saturated carbocycles. The molecular formula is C17H15FO2. The van der Waals surface area contributed by atoms with Crippen LogP contribution in [0.4, 0.5) is 4.39 Å². The molecule has 3 rings (SSSR count). The lowest BCUT2D eigenvalue weighted by Crippen LogP contribution is -2.27. The van der Waals surface area contributed by atoms with Gasteiger partial charge in [0.2, 0.25) is 0 Å². The Morgan fingerprint density at radius 2 is 1.95 bits per heavy atom. The number of hydrogen-bond acceptors (Lipinski definition) is 2. The third-order valence-corrected chi connectivity index (χ3v) is 3.55. The van der Waals surface area contributed by atoms with E-state index in [0.29, 0.717) is 17.7 Å². The van der Waals surface area contributed by atoms with E-state index in [2.05, 4.69) is 12.1 Å².